The molecule has 198 valence electrons. The molecule has 0 aliphatic carbocycles. The van der Waals surface area contributed by atoms with Crippen molar-refractivity contribution in [2.45, 2.75) is 45.4 Å². The third-order valence-corrected chi connectivity index (χ3v) is 6.79. The molecule has 0 unspecified atom stereocenters. The molecular weight excluding hydrogens is 485 g/mol. The third kappa shape index (κ3) is 10.0. The van der Waals surface area contributed by atoms with E-state index in [0.717, 1.165) is 16.1 Å². The Morgan fingerprint density at radius 1 is 1.03 bits per heavy atom. The summed E-state index contributed by atoms with van der Waals surface area (Å²) in [6, 6.07) is 14.0. The lowest BCUT2D eigenvalue weighted by Crippen LogP contribution is -2.53. The number of benzene rings is 2. The van der Waals surface area contributed by atoms with Crippen LogP contribution >= 0.6 is 0 Å². The molecule has 0 bridgehead atoms. The van der Waals surface area contributed by atoms with Gasteiger partial charge in [-0.3, -0.25) is 9.59 Å². The molecule has 1 atom stereocenters. The standard InChI is InChI=1S/C26H36FN3O5S/c1-20(2)35-16-8-15-28-26(32)24(17-21-9-6-5-7-10-21)30(18-22-11-13-23(27)14-12-22)25(31)19-29(3)36(4,33)34/h5-7,9-14,20,24H,8,15-19H2,1-4H3,(H,28,32)/t24-/m1/s1. The van der Waals surface area contributed by atoms with Crippen LogP contribution in [0.1, 0.15) is 31.4 Å². The van der Waals surface area contributed by atoms with E-state index in [0.29, 0.717) is 25.1 Å². The molecule has 10 heteroatoms. The first-order chi connectivity index (χ1) is 17.0. The normalized spacial score (nSPS) is 12.5. The first-order valence-electron chi connectivity index (χ1n) is 11.9. The summed E-state index contributed by atoms with van der Waals surface area (Å²) in [6.45, 7) is 4.29. The van der Waals surface area contributed by atoms with Gasteiger partial charge in [0.1, 0.15) is 11.9 Å². The van der Waals surface area contributed by atoms with E-state index in [4.69, 9.17) is 4.74 Å². The lowest BCUT2D eigenvalue weighted by Gasteiger charge is -2.32. The Morgan fingerprint density at radius 2 is 1.67 bits per heavy atom. The van der Waals surface area contributed by atoms with Crippen LogP contribution in [0.4, 0.5) is 4.39 Å². The summed E-state index contributed by atoms with van der Waals surface area (Å²) in [5.74, 6) is -1.32. The fourth-order valence-electron chi connectivity index (χ4n) is 3.46. The van der Waals surface area contributed by atoms with Crippen molar-refractivity contribution in [1.29, 1.82) is 0 Å². The average molecular weight is 522 g/mol. The predicted molar refractivity (Wildman–Crippen MR) is 137 cm³/mol. The van der Waals surface area contributed by atoms with Gasteiger partial charge < -0.3 is 15.0 Å². The minimum Gasteiger partial charge on any atom is -0.379 e. The Hall–Kier alpha value is -2.82. The van der Waals surface area contributed by atoms with E-state index >= 15 is 0 Å². The zero-order valence-electron chi connectivity index (χ0n) is 21.3. The third-order valence-electron chi connectivity index (χ3n) is 5.53. The molecular formula is C26H36FN3O5S. The molecule has 0 radical (unpaired) electrons. The summed E-state index contributed by atoms with van der Waals surface area (Å²) in [5, 5.41) is 2.89. The molecule has 2 rings (SSSR count). The molecule has 0 aliphatic rings. The number of nitrogens with zero attached hydrogens (tertiary/aromatic N) is 2. The molecule has 2 aromatic rings. The topological polar surface area (TPSA) is 96.0 Å². The van der Waals surface area contributed by atoms with Crippen LogP contribution < -0.4 is 5.32 Å². The molecule has 1 N–H and O–H groups in total. The molecule has 0 aromatic heterocycles. The van der Waals surface area contributed by atoms with Gasteiger partial charge in [-0.15, -0.1) is 0 Å². The van der Waals surface area contributed by atoms with E-state index in [1.54, 1.807) is 0 Å². The number of hydrogen-bond donors (Lipinski definition) is 1. The van der Waals surface area contributed by atoms with Crippen molar-refractivity contribution < 1.29 is 27.1 Å². The van der Waals surface area contributed by atoms with Crippen molar-refractivity contribution in [3.8, 4) is 0 Å². The number of carbonyl (C=O) groups is 2. The van der Waals surface area contributed by atoms with Crippen LogP contribution in [0.5, 0.6) is 0 Å². The zero-order valence-corrected chi connectivity index (χ0v) is 22.1. The average Bonchev–Trinajstić information content (AvgIpc) is 2.82. The Bertz CT molecular complexity index is 1080. The van der Waals surface area contributed by atoms with Gasteiger partial charge in [-0.25, -0.2) is 12.8 Å². The predicted octanol–water partition coefficient (Wildman–Crippen LogP) is 2.59. The minimum atomic E-state index is -3.62. The second-order valence-corrected chi connectivity index (χ2v) is 11.0. The number of halogens is 1. The van der Waals surface area contributed by atoms with Crippen molar-refractivity contribution in [3.05, 3.63) is 71.5 Å². The van der Waals surface area contributed by atoms with Crippen LogP contribution in [0.3, 0.4) is 0 Å². The largest absolute Gasteiger partial charge is 0.379 e. The van der Waals surface area contributed by atoms with Crippen LogP contribution in [0.2, 0.25) is 0 Å². The van der Waals surface area contributed by atoms with Crippen molar-refractivity contribution in [2.24, 2.45) is 0 Å². The Morgan fingerprint density at radius 3 is 2.25 bits per heavy atom. The van der Waals surface area contributed by atoms with E-state index in [1.807, 2.05) is 44.2 Å². The molecule has 0 heterocycles. The summed E-state index contributed by atoms with van der Waals surface area (Å²) in [7, 11) is -2.31. The lowest BCUT2D eigenvalue weighted by molar-refractivity contribution is -0.141. The molecule has 0 aliphatic heterocycles. The summed E-state index contributed by atoms with van der Waals surface area (Å²) in [5.41, 5.74) is 1.46. The van der Waals surface area contributed by atoms with E-state index < -0.39 is 34.3 Å². The van der Waals surface area contributed by atoms with Gasteiger partial charge in [0.2, 0.25) is 21.8 Å². The van der Waals surface area contributed by atoms with Crippen LogP contribution in [0.25, 0.3) is 0 Å². The molecule has 36 heavy (non-hydrogen) atoms. The quantitative estimate of drug-likeness (QED) is 0.386. The van der Waals surface area contributed by atoms with Crippen LogP contribution in [-0.4, -0.2) is 74.6 Å². The number of sulfonamides is 1. The Labute approximate surface area is 213 Å². The van der Waals surface area contributed by atoms with Crippen molar-refractivity contribution in [2.75, 3.05) is 33.0 Å². The molecule has 0 saturated carbocycles. The van der Waals surface area contributed by atoms with Gasteiger partial charge in [0.25, 0.3) is 0 Å². The number of hydrogen-bond acceptors (Lipinski definition) is 5. The summed E-state index contributed by atoms with van der Waals surface area (Å²) in [6.07, 6.45) is 1.93. The van der Waals surface area contributed by atoms with E-state index in [9.17, 15) is 22.4 Å². The molecule has 0 spiro atoms. The second kappa shape index (κ2) is 14.1. The van der Waals surface area contributed by atoms with Crippen molar-refractivity contribution in [1.82, 2.24) is 14.5 Å². The first-order valence-corrected chi connectivity index (χ1v) is 13.7. The molecule has 2 aromatic carbocycles. The summed E-state index contributed by atoms with van der Waals surface area (Å²) < 4.78 is 43.8. The monoisotopic (exact) mass is 521 g/mol. The fraction of sp³-hybridized carbons (Fsp3) is 0.462. The zero-order chi connectivity index (χ0) is 26.7. The van der Waals surface area contributed by atoms with Crippen LogP contribution in [0, 0.1) is 5.82 Å². The Balaban J connectivity index is 2.33. The van der Waals surface area contributed by atoms with E-state index in [1.165, 1.54) is 36.2 Å². The highest BCUT2D eigenvalue weighted by molar-refractivity contribution is 7.88. The van der Waals surface area contributed by atoms with E-state index in [2.05, 4.69) is 5.32 Å². The van der Waals surface area contributed by atoms with E-state index in [-0.39, 0.29) is 25.0 Å². The smallest absolute Gasteiger partial charge is 0.243 e. The minimum absolute atomic E-state index is 0.0120. The maximum absolute atomic E-state index is 13.5. The number of rotatable bonds is 14. The molecule has 2 amide bonds. The van der Waals surface area contributed by atoms with Gasteiger partial charge in [-0.05, 0) is 43.5 Å². The van der Waals surface area contributed by atoms with Gasteiger partial charge in [-0.2, -0.15) is 4.31 Å². The number of carbonyl (C=O) groups excluding carboxylic acids is 2. The second-order valence-electron chi connectivity index (χ2n) is 8.94. The lowest BCUT2D eigenvalue weighted by atomic mass is 10.0. The number of likely N-dealkylation sites (N-methyl/N-ethyl adjacent to an activating group) is 1. The number of nitrogens with one attached hydrogen (secondary N) is 1. The maximum atomic E-state index is 13.5. The first kappa shape index (κ1) is 29.4. The van der Waals surface area contributed by atoms with Crippen molar-refractivity contribution >= 4 is 21.8 Å². The molecule has 0 saturated heterocycles. The molecule has 0 fully saturated rings. The number of amides is 2. The highest BCUT2D eigenvalue weighted by Gasteiger charge is 2.31. The highest BCUT2D eigenvalue weighted by Crippen LogP contribution is 2.16. The summed E-state index contributed by atoms with van der Waals surface area (Å²) in [4.78, 5) is 28.1. The highest BCUT2D eigenvalue weighted by atomic mass is 32.2. The Kier molecular flexibility index (Phi) is 11.5. The van der Waals surface area contributed by atoms with Gasteiger partial charge in [-0.1, -0.05) is 42.5 Å². The van der Waals surface area contributed by atoms with Gasteiger partial charge >= 0.3 is 0 Å². The SMILES string of the molecule is CC(C)OCCCNC(=O)[C@@H](Cc1ccccc1)N(Cc1ccc(F)cc1)C(=O)CN(C)S(C)(=O)=O. The maximum Gasteiger partial charge on any atom is 0.243 e. The van der Waals surface area contributed by atoms with Gasteiger partial charge in [0.15, 0.2) is 0 Å². The van der Waals surface area contributed by atoms with Gasteiger partial charge in [0.05, 0.1) is 18.9 Å². The molecule has 8 nitrogen and oxygen atoms in total. The fourth-order valence-corrected chi connectivity index (χ4v) is 3.80. The van der Waals surface area contributed by atoms with Gasteiger partial charge in [0, 0.05) is 33.2 Å². The number of ether oxygens (including phenoxy) is 1. The summed E-state index contributed by atoms with van der Waals surface area (Å²) >= 11 is 0. The van der Waals surface area contributed by atoms with Crippen molar-refractivity contribution in [3.63, 3.8) is 0 Å². The van der Waals surface area contributed by atoms with Crippen LogP contribution in [0.15, 0.2) is 54.6 Å². The van der Waals surface area contributed by atoms with Crippen LogP contribution in [-0.2, 0) is 37.3 Å².